The maximum Gasteiger partial charge on any atom is 0.338 e. The SMILES string of the molecule is CO[C@@H]1O[C@H](COCc2ccccc2)[C@@H](O[C@@H]2O[C@@H]([C@@H](COC(=O)c3ccccc3)OC(=O)c3ccccc3)[C@H](OC(=O)c3ccccc3)[C@H]2OC(=O)c2ccccc2)[C@H](O)[C@H]1N1C(=O)C(C)=C(C)C1=O. The number of rotatable bonds is 18. The number of imide groups is 1. The van der Waals surface area contributed by atoms with E-state index in [1.165, 1.54) is 69.5 Å². The lowest BCUT2D eigenvalue weighted by Gasteiger charge is -2.47. The van der Waals surface area contributed by atoms with Crippen LogP contribution in [0.1, 0.15) is 60.8 Å². The predicted octanol–water partition coefficient (Wildman–Crippen LogP) is 5.65. The molecular weight excluding hydrogens is 919 g/mol. The first kappa shape index (κ1) is 50.0. The van der Waals surface area contributed by atoms with Gasteiger partial charge in [-0.25, -0.2) is 19.2 Å². The number of methoxy groups -OCH3 is 1. The van der Waals surface area contributed by atoms with Crippen molar-refractivity contribution in [3.8, 4) is 0 Å². The van der Waals surface area contributed by atoms with Gasteiger partial charge < -0.3 is 47.7 Å². The number of hydrogen-bond acceptors (Lipinski definition) is 16. The van der Waals surface area contributed by atoms with Crippen molar-refractivity contribution >= 4 is 35.7 Å². The number of aliphatic hydroxyl groups excluding tert-OH is 1. The predicted molar refractivity (Wildman–Crippen MR) is 249 cm³/mol. The van der Waals surface area contributed by atoms with E-state index in [0.717, 1.165) is 10.5 Å². The van der Waals surface area contributed by atoms with Crippen LogP contribution >= 0.6 is 0 Å². The van der Waals surface area contributed by atoms with E-state index < -0.39 is 104 Å². The van der Waals surface area contributed by atoms with E-state index in [4.69, 9.17) is 42.6 Å². The van der Waals surface area contributed by atoms with E-state index in [1.807, 2.05) is 30.3 Å². The van der Waals surface area contributed by atoms with Gasteiger partial charge in [0.05, 0.1) is 35.5 Å². The van der Waals surface area contributed by atoms with Crippen molar-refractivity contribution in [2.45, 2.75) is 81.8 Å². The number of carbonyl (C=O) groups is 6. The first-order valence-corrected chi connectivity index (χ1v) is 22.8. The molecular formula is C54H51NO16. The Morgan fingerprint density at radius 1 is 0.592 bits per heavy atom. The smallest absolute Gasteiger partial charge is 0.338 e. The van der Waals surface area contributed by atoms with Crippen LogP contribution in [0.5, 0.6) is 0 Å². The third-order valence-corrected chi connectivity index (χ3v) is 12.2. The highest BCUT2D eigenvalue weighted by Gasteiger charge is 2.59. The molecule has 0 aliphatic carbocycles. The lowest BCUT2D eigenvalue weighted by Crippen LogP contribution is -2.67. The lowest BCUT2D eigenvalue weighted by molar-refractivity contribution is -0.314. The van der Waals surface area contributed by atoms with Gasteiger partial charge in [-0.2, -0.15) is 0 Å². The van der Waals surface area contributed by atoms with Gasteiger partial charge in [-0.1, -0.05) is 103 Å². The van der Waals surface area contributed by atoms with Gasteiger partial charge in [0.1, 0.15) is 37.1 Å². The lowest BCUT2D eigenvalue weighted by atomic mass is 9.95. The molecule has 8 rings (SSSR count). The molecule has 10 atom stereocenters. The second-order valence-electron chi connectivity index (χ2n) is 16.8. The summed E-state index contributed by atoms with van der Waals surface area (Å²) in [5, 5.41) is 12.5. The third-order valence-electron chi connectivity index (χ3n) is 12.2. The Bertz CT molecular complexity index is 2660. The molecule has 3 heterocycles. The normalized spacial score (nSPS) is 24.6. The molecule has 0 bridgehead atoms. The molecule has 71 heavy (non-hydrogen) atoms. The van der Waals surface area contributed by atoms with Crippen LogP contribution in [0.2, 0.25) is 0 Å². The number of esters is 4. The molecule has 5 aromatic rings. The molecule has 1 N–H and O–H groups in total. The fourth-order valence-corrected chi connectivity index (χ4v) is 8.38. The van der Waals surface area contributed by atoms with E-state index in [2.05, 4.69) is 0 Å². The monoisotopic (exact) mass is 969 g/mol. The van der Waals surface area contributed by atoms with Gasteiger partial charge in [-0.05, 0) is 67.9 Å². The number of ether oxygens (including phenoxy) is 9. The van der Waals surface area contributed by atoms with Gasteiger partial charge in [0.2, 0.25) is 0 Å². The van der Waals surface area contributed by atoms with Gasteiger partial charge in [0.15, 0.2) is 30.9 Å². The quantitative estimate of drug-likeness (QED) is 0.0639. The Morgan fingerprint density at radius 2 is 1.06 bits per heavy atom. The minimum atomic E-state index is -1.84. The molecule has 0 spiro atoms. The van der Waals surface area contributed by atoms with Crippen molar-refractivity contribution in [3.63, 3.8) is 0 Å². The van der Waals surface area contributed by atoms with Gasteiger partial charge in [-0.3, -0.25) is 14.5 Å². The maximum absolute atomic E-state index is 14.2. The molecule has 17 heteroatoms. The standard InChI is InChI=1S/C54H51NO16/c1-32-33(2)48(58)55(47(32)57)41-42(56)43(39(67-53(41)63-3)30-64-29-34-19-9-4-10-20-34)70-54-46(69-52(62)38-27-17-8-18-28-38)45(68-51(61)37-25-15-7-16-26-37)44(71-54)40(66-50(60)36-23-13-6-14-24-36)31-65-49(59)35-21-11-5-12-22-35/h4-28,39-46,53-54,56H,29-31H2,1-3H3/t39-,40-,41-,42-,43-,44+,45+,46-,53-,54-/m1/s1. The van der Waals surface area contributed by atoms with E-state index >= 15 is 0 Å². The summed E-state index contributed by atoms with van der Waals surface area (Å²) >= 11 is 0. The summed E-state index contributed by atoms with van der Waals surface area (Å²) in [6.07, 6.45) is -14.6. The Kier molecular flexibility index (Phi) is 16.2. The van der Waals surface area contributed by atoms with Gasteiger partial charge in [0.25, 0.3) is 11.8 Å². The summed E-state index contributed by atoms with van der Waals surface area (Å²) < 4.78 is 55.7. The number of aliphatic hydroxyl groups is 1. The van der Waals surface area contributed by atoms with Crippen LogP contribution < -0.4 is 0 Å². The molecule has 5 aromatic carbocycles. The van der Waals surface area contributed by atoms with Crippen molar-refractivity contribution in [1.82, 2.24) is 4.90 Å². The van der Waals surface area contributed by atoms with Crippen LogP contribution in [-0.2, 0) is 58.8 Å². The van der Waals surface area contributed by atoms with Gasteiger partial charge >= 0.3 is 23.9 Å². The van der Waals surface area contributed by atoms with E-state index in [1.54, 1.807) is 72.8 Å². The van der Waals surface area contributed by atoms with Crippen molar-refractivity contribution in [2.75, 3.05) is 20.3 Å². The number of amides is 2. The summed E-state index contributed by atoms with van der Waals surface area (Å²) in [5.74, 6) is -4.92. The number of carbonyl (C=O) groups excluding carboxylic acids is 6. The van der Waals surface area contributed by atoms with Crippen LogP contribution in [0.3, 0.4) is 0 Å². The summed E-state index contributed by atoms with van der Waals surface area (Å²) in [4.78, 5) is 84.1. The Balaban J connectivity index is 1.21. The van der Waals surface area contributed by atoms with E-state index in [0.29, 0.717) is 0 Å². The average molecular weight is 970 g/mol. The molecule has 3 aliphatic heterocycles. The highest BCUT2D eigenvalue weighted by Crippen LogP contribution is 2.38. The molecule has 2 fully saturated rings. The molecule has 3 aliphatic rings. The number of nitrogens with zero attached hydrogens (tertiary/aromatic N) is 1. The molecule has 0 saturated carbocycles. The van der Waals surface area contributed by atoms with E-state index in [-0.39, 0.29) is 46.6 Å². The fraction of sp³-hybridized carbons (Fsp3) is 0.296. The second-order valence-corrected chi connectivity index (χ2v) is 16.8. The zero-order valence-electron chi connectivity index (χ0n) is 38.8. The highest BCUT2D eigenvalue weighted by atomic mass is 16.8. The van der Waals surface area contributed by atoms with Crippen molar-refractivity contribution in [1.29, 1.82) is 0 Å². The first-order chi connectivity index (χ1) is 34.4. The third kappa shape index (κ3) is 11.5. The summed E-state index contributed by atoms with van der Waals surface area (Å²) in [5.41, 5.74) is 1.52. The van der Waals surface area contributed by atoms with Crippen molar-refractivity contribution < 1.29 is 76.5 Å². The fourth-order valence-electron chi connectivity index (χ4n) is 8.38. The van der Waals surface area contributed by atoms with Crippen LogP contribution in [0.4, 0.5) is 0 Å². The molecule has 17 nitrogen and oxygen atoms in total. The zero-order valence-corrected chi connectivity index (χ0v) is 38.8. The topological polar surface area (TPSA) is 209 Å². The minimum absolute atomic E-state index is 0.0761. The molecule has 0 radical (unpaired) electrons. The Morgan fingerprint density at radius 3 is 1.56 bits per heavy atom. The first-order valence-electron chi connectivity index (χ1n) is 22.8. The number of hydrogen-bond donors (Lipinski definition) is 1. The number of benzene rings is 5. The van der Waals surface area contributed by atoms with Crippen molar-refractivity contribution in [2.24, 2.45) is 0 Å². The molecule has 2 saturated heterocycles. The summed E-state index contributed by atoms with van der Waals surface area (Å²) in [6, 6.07) is 39.3. The Labute approximate surface area is 408 Å². The molecule has 0 aromatic heterocycles. The van der Waals surface area contributed by atoms with Crippen LogP contribution in [0, 0.1) is 0 Å². The zero-order chi connectivity index (χ0) is 50.0. The van der Waals surface area contributed by atoms with Crippen LogP contribution in [0.25, 0.3) is 0 Å². The summed E-state index contributed by atoms with van der Waals surface area (Å²) in [7, 11) is 1.28. The average Bonchev–Trinajstić information content (AvgIpc) is 3.82. The minimum Gasteiger partial charge on any atom is -0.458 e. The van der Waals surface area contributed by atoms with Gasteiger partial charge in [0, 0.05) is 18.3 Å². The maximum atomic E-state index is 14.2. The van der Waals surface area contributed by atoms with Crippen LogP contribution in [-0.4, -0.2) is 127 Å². The largest absolute Gasteiger partial charge is 0.458 e. The highest BCUT2D eigenvalue weighted by molar-refractivity contribution is 6.19. The van der Waals surface area contributed by atoms with Gasteiger partial charge in [-0.15, -0.1) is 0 Å². The summed E-state index contributed by atoms with van der Waals surface area (Å²) in [6.45, 7) is 2.09. The second kappa shape index (κ2) is 23.0. The molecule has 0 unspecified atom stereocenters. The molecule has 368 valence electrons. The molecule has 2 amide bonds. The van der Waals surface area contributed by atoms with Crippen molar-refractivity contribution in [3.05, 3.63) is 191 Å². The van der Waals surface area contributed by atoms with E-state index in [9.17, 15) is 33.9 Å². The van der Waals surface area contributed by atoms with Crippen LogP contribution in [0.15, 0.2) is 163 Å². The Hall–Kier alpha value is -7.38.